The van der Waals surface area contributed by atoms with Gasteiger partial charge in [0.15, 0.2) is 0 Å². The molecule has 0 aliphatic heterocycles. The molecular weight excluding hydrogens is 412 g/mol. The standard InChI is InChI=1S/C23H18N4O5/c1-31-17-10-11-19(28)16(12-17)13-24-25-21(30)14-6-8-15(9-7-14)22-26-27-23(32-22)18-4-2-3-5-20(18)29/h2-13,28-29H,1H3,(H,25,30)/b24-13+. The number of carbonyl (C=O) groups is 1. The molecular formula is C23H18N4O5. The Morgan fingerprint density at radius 2 is 1.75 bits per heavy atom. The van der Waals surface area contributed by atoms with E-state index >= 15 is 0 Å². The lowest BCUT2D eigenvalue weighted by molar-refractivity contribution is 0.0955. The molecule has 3 aromatic carbocycles. The molecule has 9 nitrogen and oxygen atoms in total. The first kappa shape index (κ1) is 20.6. The predicted octanol–water partition coefficient (Wildman–Crippen LogP) is 3.59. The molecule has 0 aliphatic rings. The number of nitrogens with one attached hydrogen (secondary N) is 1. The highest BCUT2D eigenvalue weighted by atomic mass is 16.5. The zero-order chi connectivity index (χ0) is 22.5. The Hall–Kier alpha value is -4.66. The molecule has 0 aliphatic carbocycles. The molecule has 0 atom stereocenters. The normalized spacial score (nSPS) is 10.9. The molecule has 0 bridgehead atoms. The van der Waals surface area contributed by atoms with E-state index in [0.29, 0.717) is 28.0 Å². The van der Waals surface area contributed by atoms with Crippen LogP contribution in [0.2, 0.25) is 0 Å². The summed E-state index contributed by atoms with van der Waals surface area (Å²) in [6.45, 7) is 0. The van der Waals surface area contributed by atoms with Crippen LogP contribution in [-0.4, -0.2) is 39.6 Å². The van der Waals surface area contributed by atoms with Gasteiger partial charge in [0.1, 0.15) is 17.2 Å². The summed E-state index contributed by atoms with van der Waals surface area (Å²) in [7, 11) is 1.51. The van der Waals surface area contributed by atoms with Crippen LogP contribution in [-0.2, 0) is 0 Å². The largest absolute Gasteiger partial charge is 0.507 e. The highest BCUT2D eigenvalue weighted by molar-refractivity contribution is 5.95. The van der Waals surface area contributed by atoms with Crippen LogP contribution in [0.3, 0.4) is 0 Å². The van der Waals surface area contributed by atoms with Crippen molar-refractivity contribution in [2.45, 2.75) is 0 Å². The first-order valence-corrected chi connectivity index (χ1v) is 9.48. The summed E-state index contributed by atoms with van der Waals surface area (Å²) < 4.78 is 10.7. The lowest BCUT2D eigenvalue weighted by Gasteiger charge is -2.03. The van der Waals surface area contributed by atoms with E-state index in [9.17, 15) is 15.0 Å². The maximum absolute atomic E-state index is 12.3. The molecule has 1 heterocycles. The molecule has 3 N–H and O–H groups in total. The number of ether oxygens (including phenoxy) is 1. The number of hydrogen-bond acceptors (Lipinski definition) is 8. The molecule has 9 heteroatoms. The number of amides is 1. The van der Waals surface area contributed by atoms with E-state index in [4.69, 9.17) is 9.15 Å². The number of benzene rings is 3. The molecule has 0 radical (unpaired) electrons. The number of nitrogens with zero attached hydrogens (tertiary/aromatic N) is 3. The topological polar surface area (TPSA) is 130 Å². The van der Waals surface area contributed by atoms with Gasteiger partial charge < -0.3 is 19.4 Å². The molecule has 0 saturated heterocycles. The average molecular weight is 430 g/mol. The Kier molecular flexibility index (Phi) is 5.80. The van der Waals surface area contributed by atoms with Crippen molar-refractivity contribution >= 4 is 12.1 Å². The first-order chi connectivity index (χ1) is 15.5. The summed E-state index contributed by atoms with van der Waals surface area (Å²) in [6, 6.07) is 17.8. The van der Waals surface area contributed by atoms with Crippen molar-refractivity contribution in [3.63, 3.8) is 0 Å². The van der Waals surface area contributed by atoms with E-state index in [0.717, 1.165) is 0 Å². The minimum absolute atomic E-state index is 0.0101. The zero-order valence-electron chi connectivity index (χ0n) is 16.9. The van der Waals surface area contributed by atoms with Crippen LogP contribution in [0.4, 0.5) is 0 Å². The number of rotatable bonds is 6. The van der Waals surface area contributed by atoms with Gasteiger partial charge in [-0.15, -0.1) is 10.2 Å². The molecule has 0 fully saturated rings. The van der Waals surface area contributed by atoms with Crippen LogP contribution in [0, 0.1) is 0 Å². The molecule has 0 unspecified atom stereocenters. The third-order valence-electron chi connectivity index (χ3n) is 4.56. The smallest absolute Gasteiger partial charge is 0.271 e. The fourth-order valence-electron chi connectivity index (χ4n) is 2.86. The highest BCUT2D eigenvalue weighted by Gasteiger charge is 2.14. The van der Waals surface area contributed by atoms with Crippen molar-refractivity contribution in [2.24, 2.45) is 5.10 Å². The van der Waals surface area contributed by atoms with Gasteiger partial charge in [-0.2, -0.15) is 5.10 Å². The Labute approximate surface area is 182 Å². The number of aromatic nitrogens is 2. The summed E-state index contributed by atoms with van der Waals surface area (Å²) in [5.74, 6) is 0.610. The van der Waals surface area contributed by atoms with Gasteiger partial charge >= 0.3 is 0 Å². The molecule has 1 aromatic heterocycles. The SMILES string of the molecule is COc1ccc(O)c(/C=N/NC(=O)c2ccc(-c3nnc(-c4ccccc4O)o3)cc2)c1. The molecule has 32 heavy (non-hydrogen) atoms. The number of hydrogen-bond donors (Lipinski definition) is 3. The zero-order valence-corrected chi connectivity index (χ0v) is 16.9. The summed E-state index contributed by atoms with van der Waals surface area (Å²) >= 11 is 0. The van der Waals surface area contributed by atoms with Crippen molar-refractivity contribution in [1.82, 2.24) is 15.6 Å². The number of hydrazone groups is 1. The second-order valence-electron chi connectivity index (χ2n) is 6.63. The summed E-state index contributed by atoms with van der Waals surface area (Å²) in [5, 5.41) is 31.6. The minimum atomic E-state index is -0.435. The first-order valence-electron chi connectivity index (χ1n) is 9.48. The molecule has 4 rings (SSSR count). The Morgan fingerprint density at radius 3 is 2.50 bits per heavy atom. The number of aromatic hydroxyl groups is 2. The van der Waals surface area contributed by atoms with Gasteiger partial charge in [0.2, 0.25) is 5.89 Å². The van der Waals surface area contributed by atoms with Crippen LogP contribution < -0.4 is 10.2 Å². The van der Waals surface area contributed by atoms with Gasteiger partial charge in [-0.05, 0) is 54.6 Å². The highest BCUT2D eigenvalue weighted by Crippen LogP contribution is 2.29. The van der Waals surface area contributed by atoms with Gasteiger partial charge in [0, 0.05) is 16.7 Å². The lowest BCUT2D eigenvalue weighted by atomic mass is 10.1. The second-order valence-corrected chi connectivity index (χ2v) is 6.63. The quantitative estimate of drug-likeness (QED) is 0.315. The monoisotopic (exact) mass is 430 g/mol. The van der Waals surface area contributed by atoms with E-state index < -0.39 is 5.91 Å². The number of carbonyl (C=O) groups excluding carboxylic acids is 1. The van der Waals surface area contributed by atoms with Gasteiger partial charge in [-0.25, -0.2) is 5.43 Å². The number of phenolic OH excluding ortho intramolecular Hbond substituents is 2. The van der Waals surface area contributed by atoms with Crippen LogP contribution in [0.1, 0.15) is 15.9 Å². The van der Waals surface area contributed by atoms with Gasteiger partial charge in [-0.1, -0.05) is 12.1 Å². The summed E-state index contributed by atoms with van der Waals surface area (Å²) in [5.41, 5.74) is 4.21. The average Bonchev–Trinajstić information content (AvgIpc) is 3.30. The minimum Gasteiger partial charge on any atom is -0.507 e. The molecule has 0 saturated carbocycles. The fourth-order valence-corrected chi connectivity index (χ4v) is 2.86. The summed E-state index contributed by atoms with van der Waals surface area (Å²) in [6.07, 6.45) is 1.32. The maximum atomic E-state index is 12.3. The van der Waals surface area contributed by atoms with Crippen LogP contribution in [0.15, 0.2) is 76.2 Å². The van der Waals surface area contributed by atoms with Crippen molar-refractivity contribution in [3.05, 3.63) is 77.9 Å². The maximum Gasteiger partial charge on any atom is 0.271 e. The second kappa shape index (κ2) is 9.00. The van der Waals surface area contributed by atoms with Gasteiger partial charge in [0.05, 0.1) is 18.9 Å². The Bertz CT molecular complexity index is 1280. The van der Waals surface area contributed by atoms with Crippen LogP contribution in [0.5, 0.6) is 17.2 Å². The van der Waals surface area contributed by atoms with Gasteiger partial charge in [0.25, 0.3) is 11.8 Å². The van der Waals surface area contributed by atoms with Crippen molar-refractivity contribution in [3.8, 4) is 40.2 Å². The van der Waals surface area contributed by atoms with Crippen molar-refractivity contribution < 1.29 is 24.2 Å². The van der Waals surface area contributed by atoms with E-state index in [1.54, 1.807) is 54.6 Å². The van der Waals surface area contributed by atoms with E-state index in [1.165, 1.54) is 25.5 Å². The molecule has 1 amide bonds. The molecule has 160 valence electrons. The Morgan fingerprint density at radius 1 is 1.00 bits per heavy atom. The van der Waals surface area contributed by atoms with Crippen molar-refractivity contribution in [2.75, 3.05) is 7.11 Å². The third kappa shape index (κ3) is 4.41. The van der Waals surface area contributed by atoms with Gasteiger partial charge in [-0.3, -0.25) is 4.79 Å². The van der Waals surface area contributed by atoms with Crippen LogP contribution in [0.25, 0.3) is 22.9 Å². The number of phenols is 2. The number of para-hydroxylation sites is 1. The number of methoxy groups -OCH3 is 1. The Balaban J connectivity index is 1.44. The fraction of sp³-hybridized carbons (Fsp3) is 0.0435. The van der Waals surface area contributed by atoms with Crippen molar-refractivity contribution in [1.29, 1.82) is 0 Å². The third-order valence-corrected chi connectivity index (χ3v) is 4.56. The molecule has 4 aromatic rings. The van der Waals surface area contributed by atoms with E-state index in [1.807, 2.05) is 0 Å². The molecule has 0 spiro atoms. The van der Waals surface area contributed by atoms with E-state index in [-0.39, 0.29) is 23.3 Å². The predicted molar refractivity (Wildman–Crippen MR) is 117 cm³/mol. The summed E-state index contributed by atoms with van der Waals surface area (Å²) in [4.78, 5) is 12.3. The lowest BCUT2D eigenvalue weighted by Crippen LogP contribution is -2.17. The van der Waals surface area contributed by atoms with E-state index in [2.05, 4.69) is 20.7 Å². The van der Waals surface area contributed by atoms with Crippen LogP contribution >= 0.6 is 0 Å².